The van der Waals surface area contributed by atoms with Crippen LogP contribution in [0.15, 0.2) is 24.3 Å². The summed E-state index contributed by atoms with van der Waals surface area (Å²) >= 11 is 5.69. The third kappa shape index (κ3) is 3.02. The molecule has 0 saturated heterocycles. The second-order valence-corrected chi connectivity index (χ2v) is 5.01. The van der Waals surface area contributed by atoms with Gasteiger partial charge in [0.1, 0.15) is 5.82 Å². The molecule has 0 bridgehead atoms. The first kappa shape index (κ1) is 13.3. The van der Waals surface area contributed by atoms with Crippen LogP contribution >= 0.6 is 11.6 Å². The number of nitrogens with zero attached hydrogens (tertiary/aromatic N) is 1. The summed E-state index contributed by atoms with van der Waals surface area (Å²) in [5.74, 6) is 0.0932. The van der Waals surface area contributed by atoms with Gasteiger partial charge in [0.25, 0.3) is 5.91 Å². The molecule has 0 N–H and O–H groups in total. The second kappa shape index (κ2) is 6.19. The molecule has 4 heteroatoms. The van der Waals surface area contributed by atoms with Crippen molar-refractivity contribution in [2.75, 3.05) is 12.4 Å². The number of amides is 1. The fraction of sp³-hybridized carbons (Fsp3) is 0.500. The quantitative estimate of drug-likeness (QED) is 0.750. The molecule has 0 radical (unpaired) electrons. The number of hydrogen-bond acceptors (Lipinski definition) is 1. The molecule has 1 amide bonds. The average Bonchev–Trinajstić information content (AvgIpc) is 2.31. The van der Waals surface area contributed by atoms with Crippen molar-refractivity contribution in [2.45, 2.75) is 31.7 Å². The number of carbonyl (C=O) groups is 1. The number of rotatable bonds is 5. The topological polar surface area (TPSA) is 20.3 Å². The first-order chi connectivity index (χ1) is 8.72. The van der Waals surface area contributed by atoms with Crippen molar-refractivity contribution < 1.29 is 9.18 Å². The first-order valence-corrected chi connectivity index (χ1v) is 6.88. The lowest BCUT2D eigenvalue weighted by atomic mass is 9.91. The maximum absolute atomic E-state index is 13.1. The molecule has 1 fully saturated rings. The number of halogens is 2. The Labute approximate surface area is 112 Å². The highest BCUT2D eigenvalue weighted by atomic mass is 35.5. The number of hydrogen-bond donors (Lipinski definition) is 0. The van der Waals surface area contributed by atoms with E-state index in [1.165, 1.54) is 18.6 Å². The Morgan fingerprint density at radius 2 is 2.22 bits per heavy atom. The van der Waals surface area contributed by atoms with Crippen molar-refractivity contribution in [3.05, 3.63) is 35.6 Å². The molecule has 0 aliphatic heterocycles. The SMILES string of the molecule is O=C(c1cccc(F)c1)N(CCCCl)C1CCC1. The van der Waals surface area contributed by atoms with Gasteiger partial charge in [0, 0.05) is 24.0 Å². The van der Waals surface area contributed by atoms with Crippen LogP contribution in [-0.2, 0) is 0 Å². The van der Waals surface area contributed by atoms with E-state index in [-0.39, 0.29) is 11.7 Å². The fourth-order valence-electron chi connectivity index (χ4n) is 2.17. The molecule has 1 saturated carbocycles. The Morgan fingerprint density at radius 3 is 2.78 bits per heavy atom. The van der Waals surface area contributed by atoms with Gasteiger partial charge in [-0.25, -0.2) is 4.39 Å². The van der Waals surface area contributed by atoms with Crippen molar-refractivity contribution >= 4 is 17.5 Å². The van der Waals surface area contributed by atoms with Crippen LogP contribution in [-0.4, -0.2) is 29.3 Å². The van der Waals surface area contributed by atoms with E-state index in [0.717, 1.165) is 19.3 Å². The third-order valence-electron chi connectivity index (χ3n) is 3.38. The summed E-state index contributed by atoms with van der Waals surface area (Å²) in [4.78, 5) is 14.2. The number of benzene rings is 1. The first-order valence-electron chi connectivity index (χ1n) is 6.35. The summed E-state index contributed by atoms with van der Waals surface area (Å²) in [5, 5.41) is 0. The minimum atomic E-state index is -0.369. The van der Waals surface area contributed by atoms with Crippen LogP contribution in [0.1, 0.15) is 36.0 Å². The molecule has 2 nitrogen and oxygen atoms in total. The molecule has 0 atom stereocenters. The average molecular weight is 270 g/mol. The van der Waals surface area contributed by atoms with E-state index in [2.05, 4.69) is 0 Å². The molecule has 0 spiro atoms. The lowest BCUT2D eigenvalue weighted by molar-refractivity contribution is 0.0580. The van der Waals surface area contributed by atoms with E-state index in [1.807, 2.05) is 4.90 Å². The van der Waals surface area contributed by atoms with Gasteiger partial charge in [0.2, 0.25) is 0 Å². The van der Waals surface area contributed by atoms with E-state index in [0.29, 0.717) is 24.0 Å². The van der Waals surface area contributed by atoms with Crippen molar-refractivity contribution in [1.29, 1.82) is 0 Å². The van der Waals surface area contributed by atoms with Crippen LogP contribution in [0, 0.1) is 5.82 Å². The van der Waals surface area contributed by atoms with Crippen molar-refractivity contribution in [1.82, 2.24) is 4.90 Å². The van der Waals surface area contributed by atoms with Crippen LogP contribution in [0.25, 0.3) is 0 Å². The zero-order valence-corrected chi connectivity index (χ0v) is 11.0. The second-order valence-electron chi connectivity index (χ2n) is 4.64. The molecule has 0 aromatic heterocycles. The molecule has 0 unspecified atom stereocenters. The molecular formula is C14H17ClFNO. The monoisotopic (exact) mass is 269 g/mol. The molecular weight excluding hydrogens is 253 g/mol. The zero-order chi connectivity index (χ0) is 13.0. The van der Waals surface area contributed by atoms with Crippen LogP contribution in [0.2, 0.25) is 0 Å². The van der Waals surface area contributed by atoms with Crippen LogP contribution in [0.3, 0.4) is 0 Å². The predicted molar refractivity (Wildman–Crippen MR) is 70.4 cm³/mol. The Hall–Kier alpha value is -1.09. The van der Waals surface area contributed by atoms with E-state index in [9.17, 15) is 9.18 Å². The molecule has 2 rings (SSSR count). The molecule has 18 heavy (non-hydrogen) atoms. The Balaban J connectivity index is 2.11. The summed E-state index contributed by atoms with van der Waals surface area (Å²) in [7, 11) is 0. The summed E-state index contributed by atoms with van der Waals surface area (Å²) < 4.78 is 13.1. The van der Waals surface area contributed by atoms with Gasteiger partial charge in [0.05, 0.1) is 0 Å². The third-order valence-corrected chi connectivity index (χ3v) is 3.65. The van der Waals surface area contributed by atoms with Crippen molar-refractivity contribution in [3.8, 4) is 0 Å². The van der Waals surface area contributed by atoms with E-state index in [1.54, 1.807) is 12.1 Å². The maximum Gasteiger partial charge on any atom is 0.254 e. The van der Waals surface area contributed by atoms with Crippen molar-refractivity contribution in [3.63, 3.8) is 0 Å². The molecule has 1 aliphatic carbocycles. The minimum Gasteiger partial charge on any atom is -0.336 e. The van der Waals surface area contributed by atoms with E-state index in [4.69, 9.17) is 11.6 Å². The van der Waals surface area contributed by atoms with Crippen LogP contribution in [0.5, 0.6) is 0 Å². The summed E-state index contributed by atoms with van der Waals surface area (Å²) in [6.45, 7) is 0.656. The smallest absolute Gasteiger partial charge is 0.254 e. The van der Waals surface area contributed by atoms with Crippen LogP contribution in [0.4, 0.5) is 4.39 Å². The highest BCUT2D eigenvalue weighted by Gasteiger charge is 2.28. The summed E-state index contributed by atoms with van der Waals surface area (Å²) in [6, 6.07) is 6.20. The standard InChI is InChI=1S/C14H17ClFNO/c15-8-3-9-17(13-6-2-7-13)14(18)11-4-1-5-12(16)10-11/h1,4-5,10,13H,2-3,6-9H2. The Kier molecular flexibility index (Phi) is 4.59. The van der Waals surface area contributed by atoms with Gasteiger partial charge in [-0.3, -0.25) is 4.79 Å². The van der Waals surface area contributed by atoms with Gasteiger partial charge in [0.15, 0.2) is 0 Å². The predicted octanol–water partition coefficient (Wildman–Crippen LogP) is 3.45. The largest absolute Gasteiger partial charge is 0.336 e. The fourth-order valence-corrected chi connectivity index (χ4v) is 2.29. The normalized spacial score (nSPS) is 15.2. The van der Waals surface area contributed by atoms with Gasteiger partial charge < -0.3 is 4.90 Å². The molecule has 1 aromatic rings. The van der Waals surface area contributed by atoms with Crippen molar-refractivity contribution in [2.24, 2.45) is 0 Å². The molecule has 0 heterocycles. The van der Waals surface area contributed by atoms with Gasteiger partial charge in [-0.05, 0) is 43.9 Å². The lowest BCUT2D eigenvalue weighted by Crippen LogP contribution is -2.44. The van der Waals surface area contributed by atoms with Gasteiger partial charge in [-0.15, -0.1) is 11.6 Å². The zero-order valence-electron chi connectivity index (χ0n) is 10.2. The summed E-state index contributed by atoms with van der Waals surface area (Å²) in [6.07, 6.45) is 4.03. The highest BCUT2D eigenvalue weighted by molar-refractivity contribution is 6.17. The van der Waals surface area contributed by atoms with Gasteiger partial charge >= 0.3 is 0 Å². The minimum absolute atomic E-state index is 0.0793. The van der Waals surface area contributed by atoms with Gasteiger partial charge in [-0.2, -0.15) is 0 Å². The van der Waals surface area contributed by atoms with Gasteiger partial charge in [-0.1, -0.05) is 6.07 Å². The Bertz CT molecular complexity index is 420. The lowest BCUT2D eigenvalue weighted by Gasteiger charge is -2.37. The van der Waals surface area contributed by atoms with E-state index >= 15 is 0 Å². The number of carbonyl (C=O) groups excluding carboxylic acids is 1. The highest BCUT2D eigenvalue weighted by Crippen LogP contribution is 2.26. The van der Waals surface area contributed by atoms with E-state index < -0.39 is 0 Å². The Morgan fingerprint density at radius 1 is 1.44 bits per heavy atom. The number of alkyl halides is 1. The van der Waals surface area contributed by atoms with Crippen LogP contribution < -0.4 is 0 Å². The molecule has 98 valence electrons. The molecule has 1 aliphatic rings. The summed E-state index contributed by atoms with van der Waals surface area (Å²) in [5.41, 5.74) is 0.427. The maximum atomic E-state index is 13.1. The molecule has 1 aromatic carbocycles.